The molecule has 1 saturated carbocycles. The van der Waals surface area contributed by atoms with Gasteiger partial charge in [-0.3, -0.25) is 0 Å². The lowest BCUT2D eigenvalue weighted by Crippen LogP contribution is -2.45. The highest BCUT2D eigenvalue weighted by atomic mass is 19.1. The largest absolute Gasteiger partial charge is 0.314 e. The number of alkyl halides is 1. The second-order valence-corrected chi connectivity index (χ2v) is 4.83. The zero-order valence-electron chi connectivity index (χ0n) is 8.48. The molecule has 0 spiro atoms. The van der Waals surface area contributed by atoms with E-state index in [1.54, 1.807) is 6.92 Å². The van der Waals surface area contributed by atoms with Gasteiger partial charge in [-0.15, -0.1) is 0 Å². The molecule has 2 fully saturated rings. The van der Waals surface area contributed by atoms with E-state index in [-0.39, 0.29) is 5.92 Å². The van der Waals surface area contributed by atoms with Crippen molar-refractivity contribution in [3.63, 3.8) is 0 Å². The van der Waals surface area contributed by atoms with E-state index in [0.29, 0.717) is 6.04 Å². The lowest BCUT2D eigenvalue weighted by Gasteiger charge is -2.34. The highest BCUT2D eigenvalue weighted by Gasteiger charge is 2.43. The summed E-state index contributed by atoms with van der Waals surface area (Å²) in [6.45, 7) is 2.89. The van der Waals surface area contributed by atoms with E-state index in [1.807, 2.05) is 0 Å². The normalized spacial score (nSPS) is 46.6. The fourth-order valence-corrected chi connectivity index (χ4v) is 3.00. The van der Waals surface area contributed by atoms with Crippen LogP contribution in [0.5, 0.6) is 0 Å². The number of rotatable bonds is 1. The van der Waals surface area contributed by atoms with Crippen molar-refractivity contribution in [3.8, 4) is 0 Å². The smallest absolute Gasteiger partial charge is 0.112 e. The van der Waals surface area contributed by atoms with Gasteiger partial charge in [0, 0.05) is 12.0 Å². The standard InChI is InChI=1S/C11H20FN/c1-11(12)7-4-5-9(11)10-6-2-3-8-13-10/h9-10,13H,2-8H2,1H3. The average molecular weight is 185 g/mol. The van der Waals surface area contributed by atoms with E-state index in [0.717, 1.165) is 25.8 Å². The quantitative estimate of drug-likeness (QED) is 0.662. The van der Waals surface area contributed by atoms with E-state index in [2.05, 4.69) is 5.32 Å². The lowest BCUT2D eigenvalue weighted by molar-refractivity contribution is 0.0947. The topological polar surface area (TPSA) is 12.0 Å². The van der Waals surface area contributed by atoms with Gasteiger partial charge in [-0.25, -0.2) is 4.39 Å². The number of hydrogen-bond acceptors (Lipinski definition) is 1. The molecule has 0 amide bonds. The maximum absolute atomic E-state index is 14.0. The Balaban J connectivity index is 1.98. The monoisotopic (exact) mass is 185 g/mol. The maximum atomic E-state index is 14.0. The Bertz CT molecular complexity index is 173. The molecule has 1 aliphatic heterocycles. The second-order valence-electron chi connectivity index (χ2n) is 4.83. The van der Waals surface area contributed by atoms with Crippen molar-refractivity contribution in [3.05, 3.63) is 0 Å². The highest BCUT2D eigenvalue weighted by molar-refractivity contribution is 4.96. The van der Waals surface area contributed by atoms with Crippen LogP contribution in [-0.4, -0.2) is 18.3 Å². The van der Waals surface area contributed by atoms with Crippen LogP contribution in [-0.2, 0) is 0 Å². The fraction of sp³-hybridized carbons (Fsp3) is 1.00. The molecular formula is C11H20FN. The summed E-state index contributed by atoms with van der Waals surface area (Å²) in [4.78, 5) is 0. The first kappa shape index (κ1) is 9.45. The van der Waals surface area contributed by atoms with Gasteiger partial charge < -0.3 is 5.32 Å². The van der Waals surface area contributed by atoms with Gasteiger partial charge in [0.2, 0.25) is 0 Å². The molecule has 2 heteroatoms. The molecule has 0 aromatic rings. The van der Waals surface area contributed by atoms with Crippen LogP contribution in [0.25, 0.3) is 0 Å². The van der Waals surface area contributed by atoms with Crippen LogP contribution < -0.4 is 5.32 Å². The molecule has 1 heterocycles. The maximum Gasteiger partial charge on any atom is 0.112 e. The van der Waals surface area contributed by atoms with Crippen molar-refractivity contribution < 1.29 is 4.39 Å². The van der Waals surface area contributed by atoms with Crippen LogP contribution in [0.2, 0.25) is 0 Å². The summed E-state index contributed by atoms with van der Waals surface area (Å²) < 4.78 is 14.0. The van der Waals surface area contributed by atoms with E-state index in [4.69, 9.17) is 0 Å². The summed E-state index contributed by atoms with van der Waals surface area (Å²) in [5.74, 6) is 0.285. The van der Waals surface area contributed by atoms with E-state index in [9.17, 15) is 4.39 Å². The lowest BCUT2D eigenvalue weighted by atomic mass is 9.84. The zero-order chi connectivity index (χ0) is 9.31. The van der Waals surface area contributed by atoms with Gasteiger partial charge in [-0.05, 0) is 45.6 Å². The Morgan fingerprint density at radius 3 is 2.62 bits per heavy atom. The van der Waals surface area contributed by atoms with E-state index < -0.39 is 5.67 Å². The minimum atomic E-state index is -0.894. The zero-order valence-corrected chi connectivity index (χ0v) is 8.48. The first-order valence-electron chi connectivity index (χ1n) is 5.62. The Morgan fingerprint density at radius 1 is 1.23 bits per heavy atom. The molecule has 1 aliphatic carbocycles. The summed E-state index contributed by atoms with van der Waals surface area (Å²) in [6, 6.07) is 0.464. The third kappa shape index (κ3) is 1.88. The van der Waals surface area contributed by atoms with Gasteiger partial charge in [-0.1, -0.05) is 6.42 Å². The first-order valence-corrected chi connectivity index (χ1v) is 5.62. The van der Waals surface area contributed by atoms with Crippen LogP contribution >= 0.6 is 0 Å². The molecular weight excluding hydrogens is 165 g/mol. The molecule has 0 radical (unpaired) electrons. The third-order valence-corrected chi connectivity index (χ3v) is 3.79. The van der Waals surface area contributed by atoms with Gasteiger partial charge in [-0.2, -0.15) is 0 Å². The third-order valence-electron chi connectivity index (χ3n) is 3.79. The molecule has 0 bridgehead atoms. The summed E-state index contributed by atoms with van der Waals surface area (Å²) in [6.07, 6.45) is 6.68. The van der Waals surface area contributed by atoms with Crippen LogP contribution in [0.4, 0.5) is 4.39 Å². The molecule has 0 aromatic carbocycles. The van der Waals surface area contributed by atoms with Crippen LogP contribution in [0.3, 0.4) is 0 Å². The average Bonchev–Trinajstić information content (AvgIpc) is 2.47. The first-order chi connectivity index (χ1) is 6.20. The van der Waals surface area contributed by atoms with Gasteiger partial charge in [0.15, 0.2) is 0 Å². The fourth-order valence-electron chi connectivity index (χ4n) is 3.00. The SMILES string of the molecule is CC1(F)CCCC1C1CCCCN1. The number of piperidine rings is 1. The van der Waals surface area contributed by atoms with Crippen molar-refractivity contribution in [1.82, 2.24) is 5.32 Å². The second kappa shape index (κ2) is 3.56. The van der Waals surface area contributed by atoms with E-state index >= 15 is 0 Å². The van der Waals surface area contributed by atoms with E-state index in [1.165, 1.54) is 19.3 Å². The molecule has 3 atom stereocenters. The van der Waals surface area contributed by atoms with Crippen molar-refractivity contribution in [1.29, 1.82) is 0 Å². The Labute approximate surface area is 80.1 Å². The predicted octanol–water partition coefficient (Wildman–Crippen LogP) is 2.66. The Hall–Kier alpha value is -0.110. The summed E-state index contributed by atoms with van der Waals surface area (Å²) in [7, 11) is 0. The molecule has 3 unspecified atom stereocenters. The molecule has 2 aliphatic rings. The van der Waals surface area contributed by atoms with Crippen LogP contribution in [0.15, 0.2) is 0 Å². The summed E-state index contributed by atoms with van der Waals surface area (Å²) in [5, 5.41) is 3.48. The van der Waals surface area contributed by atoms with Crippen molar-refractivity contribution in [2.75, 3.05) is 6.54 Å². The highest BCUT2D eigenvalue weighted by Crippen LogP contribution is 2.42. The molecule has 1 saturated heterocycles. The molecule has 2 rings (SSSR count). The van der Waals surface area contributed by atoms with Crippen molar-refractivity contribution in [2.24, 2.45) is 5.92 Å². The van der Waals surface area contributed by atoms with Crippen LogP contribution in [0.1, 0.15) is 45.4 Å². The number of nitrogens with one attached hydrogen (secondary N) is 1. The van der Waals surface area contributed by atoms with Crippen molar-refractivity contribution in [2.45, 2.75) is 57.2 Å². The number of hydrogen-bond donors (Lipinski definition) is 1. The predicted molar refractivity (Wildman–Crippen MR) is 52.5 cm³/mol. The van der Waals surface area contributed by atoms with Gasteiger partial charge in [0.1, 0.15) is 5.67 Å². The van der Waals surface area contributed by atoms with Gasteiger partial charge in [0.25, 0.3) is 0 Å². The van der Waals surface area contributed by atoms with Crippen molar-refractivity contribution >= 4 is 0 Å². The van der Waals surface area contributed by atoms with Gasteiger partial charge >= 0.3 is 0 Å². The molecule has 1 nitrogen and oxygen atoms in total. The molecule has 1 N–H and O–H groups in total. The minimum absolute atomic E-state index is 0.285. The molecule has 76 valence electrons. The Morgan fingerprint density at radius 2 is 2.08 bits per heavy atom. The molecule has 0 aromatic heterocycles. The van der Waals surface area contributed by atoms with Crippen LogP contribution in [0, 0.1) is 5.92 Å². The summed E-state index contributed by atoms with van der Waals surface area (Å²) >= 11 is 0. The molecule has 13 heavy (non-hydrogen) atoms. The Kier molecular flexibility index (Phi) is 2.59. The minimum Gasteiger partial charge on any atom is -0.314 e. The van der Waals surface area contributed by atoms with Gasteiger partial charge in [0.05, 0.1) is 0 Å². The number of halogens is 1. The summed E-state index contributed by atoms with van der Waals surface area (Å²) in [5.41, 5.74) is -0.894.